The molecule has 1 saturated carbocycles. The van der Waals surface area contributed by atoms with Gasteiger partial charge in [0.05, 0.1) is 6.61 Å². The van der Waals surface area contributed by atoms with Crippen molar-refractivity contribution in [3.05, 3.63) is 59.2 Å². The third-order valence-corrected chi connectivity index (χ3v) is 7.72. The van der Waals surface area contributed by atoms with Crippen molar-refractivity contribution in [2.75, 3.05) is 33.4 Å². The first kappa shape index (κ1) is 23.1. The minimum absolute atomic E-state index is 0.0413. The van der Waals surface area contributed by atoms with Crippen molar-refractivity contribution in [3.8, 4) is 11.1 Å². The Morgan fingerprint density at radius 2 is 1.82 bits per heavy atom. The lowest BCUT2D eigenvalue weighted by Gasteiger charge is -2.37. The zero-order valence-corrected chi connectivity index (χ0v) is 20.3. The maximum Gasteiger partial charge on any atom is 0.254 e. The number of rotatable bonds is 7. The zero-order valence-electron chi connectivity index (χ0n) is 20.3. The average Bonchev–Trinajstić information content (AvgIpc) is 3.27. The Morgan fingerprint density at radius 3 is 2.53 bits per heavy atom. The molecule has 1 saturated heterocycles. The van der Waals surface area contributed by atoms with Gasteiger partial charge in [-0.25, -0.2) is 0 Å². The van der Waals surface area contributed by atoms with E-state index in [1.165, 1.54) is 19.3 Å². The number of carbonyl (C=O) groups is 2. The zero-order chi connectivity index (χ0) is 23.7. The standard InChI is InChI=1S/C28H35N3O3/c1-19(18-34-2)29-27(32)21-8-6-20(7-9-21)22-10-11-26-23(16-22)12-15-31(28(26)33)25-13-14-30(17-25)24-4-3-5-24/h6-11,16,19,24-25H,3-5,12-15,17-18H2,1-2H3,(H,29,32)/t19-,25+/m0/s1. The van der Waals surface area contributed by atoms with Gasteiger partial charge in [-0.3, -0.25) is 14.5 Å². The van der Waals surface area contributed by atoms with E-state index < -0.39 is 0 Å². The van der Waals surface area contributed by atoms with Crippen LogP contribution in [0, 0.1) is 0 Å². The van der Waals surface area contributed by atoms with Crippen LogP contribution < -0.4 is 5.32 Å². The van der Waals surface area contributed by atoms with Crippen molar-refractivity contribution in [1.82, 2.24) is 15.1 Å². The lowest BCUT2D eigenvalue weighted by Crippen LogP contribution is -2.47. The molecule has 180 valence electrons. The molecular weight excluding hydrogens is 426 g/mol. The maximum absolute atomic E-state index is 13.3. The van der Waals surface area contributed by atoms with E-state index in [4.69, 9.17) is 4.74 Å². The molecule has 2 aromatic carbocycles. The van der Waals surface area contributed by atoms with Gasteiger partial charge in [0, 0.05) is 56.0 Å². The highest BCUT2D eigenvalue weighted by Crippen LogP contribution is 2.32. The summed E-state index contributed by atoms with van der Waals surface area (Å²) in [4.78, 5) is 30.5. The van der Waals surface area contributed by atoms with Crippen LogP contribution in [-0.4, -0.2) is 73.1 Å². The van der Waals surface area contributed by atoms with E-state index in [1.54, 1.807) is 7.11 Å². The number of amides is 2. The predicted molar refractivity (Wildman–Crippen MR) is 133 cm³/mol. The van der Waals surface area contributed by atoms with E-state index >= 15 is 0 Å². The van der Waals surface area contributed by atoms with Crippen molar-refractivity contribution in [2.45, 2.75) is 57.2 Å². The first-order chi connectivity index (χ1) is 16.5. The number of hydrogen-bond donors (Lipinski definition) is 1. The number of fused-ring (bicyclic) bond motifs is 1. The third-order valence-electron chi connectivity index (χ3n) is 7.72. The van der Waals surface area contributed by atoms with Gasteiger partial charge in [0.15, 0.2) is 0 Å². The summed E-state index contributed by atoms with van der Waals surface area (Å²) in [6.07, 6.45) is 6.00. The van der Waals surface area contributed by atoms with Gasteiger partial charge in [-0.15, -0.1) is 0 Å². The van der Waals surface area contributed by atoms with Crippen LogP contribution in [0.1, 0.15) is 58.9 Å². The summed E-state index contributed by atoms with van der Waals surface area (Å²) in [5.41, 5.74) is 4.73. The maximum atomic E-state index is 13.3. The fourth-order valence-corrected chi connectivity index (χ4v) is 5.55. The topological polar surface area (TPSA) is 61.9 Å². The van der Waals surface area contributed by atoms with Crippen LogP contribution in [0.5, 0.6) is 0 Å². The quantitative estimate of drug-likeness (QED) is 0.682. The molecule has 2 aliphatic heterocycles. The minimum atomic E-state index is -0.102. The summed E-state index contributed by atoms with van der Waals surface area (Å²) in [6.45, 7) is 5.37. The highest BCUT2D eigenvalue weighted by molar-refractivity contribution is 5.98. The number of carbonyl (C=O) groups excluding carboxylic acids is 2. The number of nitrogens with one attached hydrogen (secondary N) is 1. The van der Waals surface area contributed by atoms with Gasteiger partial charge in [0.25, 0.3) is 11.8 Å². The number of likely N-dealkylation sites (tertiary alicyclic amines) is 1. The smallest absolute Gasteiger partial charge is 0.254 e. The Bertz CT molecular complexity index is 1050. The molecule has 1 N–H and O–H groups in total. The van der Waals surface area contributed by atoms with Gasteiger partial charge in [0.1, 0.15) is 0 Å². The van der Waals surface area contributed by atoms with Crippen LogP contribution in [0.4, 0.5) is 0 Å². The molecular formula is C28H35N3O3. The van der Waals surface area contributed by atoms with Crippen molar-refractivity contribution >= 4 is 11.8 Å². The van der Waals surface area contributed by atoms with Crippen molar-refractivity contribution < 1.29 is 14.3 Å². The van der Waals surface area contributed by atoms with Gasteiger partial charge < -0.3 is 15.0 Å². The molecule has 0 radical (unpaired) electrons. The molecule has 0 spiro atoms. The summed E-state index contributed by atoms with van der Waals surface area (Å²) < 4.78 is 5.08. The Labute approximate surface area is 202 Å². The molecule has 2 heterocycles. The molecule has 1 aliphatic carbocycles. The number of hydrogen-bond acceptors (Lipinski definition) is 4. The molecule has 2 fully saturated rings. The fourth-order valence-electron chi connectivity index (χ4n) is 5.55. The molecule has 6 nitrogen and oxygen atoms in total. The van der Waals surface area contributed by atoms with Crippen molar-refractivity contribution in [1.29, 1.82) is 0 Å². The Hall–Kier alpha value is -2.70. The first-order valence-corrected chi connectivity index (χ1v) is 12.6. The van der Waals surface area contributed by atoms with E-state index in [0.29, 0.717) is 18.2 Å². The molecule has 34 heavy (non-hydrogen) atoms. The summed E-state index contributed by atoms with van der Waals surface area (Å²) in [5.74, 6) is 0.0838. The summed E-state index contributed by atoms with van der Waals surface area (Å²) in [5, 5.41) is 2.94. The molecule has 2 amide bonds. The van der Waals surface area contributed by atoms with Gasteiger partial charge in [-0.05, 0) is 67.5 Å². The molecule has 0 unspecified atom stereocenters. The molecule has 0 bridgehead atoms. The van der Waals surface area contributed by atoms with Gasteiger partial charge in [0.2, 0.25) is 0 Å². The van der Waals surface area contributed by atoms with Crippen LogP contribution in [0.2, 0.25) is 0 Å². The number of methoxy groups -OCH3 is 1. The van der Waals surface area contributed by atoms with Crippen LogP contribution in [-0.2, 0) is 11.2 Å². The summed E-state index contributed by atoms with van der Waals surface area (Å²) in [6, 6.07) is 14.9. The molecule has 6 heteroatoms. The van der Waals surface area contributed by atoms with Crippen LogP contribution in [0.15, 0.2) is 42.5 Å². The number of benzene rings is 2. The van der Waals surface area contributed by atoms with E-state index in [1.807, 2.05) is 43.3 Å². The second-order valence-corrected chi connectivity index (χ2v) is 10.0. The summed E-state index contributed by atoms with van der Waals surface area (Å²) in [7, 11) is 1.62. The fraction of sp³-hybridized carbons (Fsp3) is 0.500. The highest BCUT2D eigenvalue weighted by Gasteiger charge is 2.37. The van der Waals surface area contributed by atoms with Crippen LogP contribution in [0.25, 0.3) is 11.1 Å². The van der Waals surface area contributed by atoms with Crippen LogP contribution in [0.3, 0.4) is 0 Å². The van der Waals surface area contributed by atoms with Gasteiger partial charge >= 0.3 is 0 Å². The molecule has 2 atom stereocenters. The molecule has 5 rings (SSSR count). The van der Waals surface area contributed by atoms with E-state index in [0.717, 1.165) is 60.8 Å². The molecule has 0 aromatic heterocycles. The van der Waals surface area contributed by atoms with Crippen molar-refractivity contribution in [2.24, 2.45) is 0 Å². The van der Waals surface area contributed by atoms with Crippen LogP contribution >= 0.6 is 0 Å². The third kappa shape index (κ3) is 4.62. The Kier molecular flexibility index (Phi) is 6.70. The van der Waals surface area contributed by atoms with Crippen molar-refractivity contribution in [3.63, 3.8) is 0 Å². The molecule has 3 aliphatic rings. The normalized spacial score (nSPS) is 21.8. The SMILES string of the molecule is COC[C@H](C)NC(=O)c1ccc(-c2ccc3c(c2)CCN([C@@H]2CCN(C4CCC4)C2)C3=O)cc1. The second kappa shape index (κ2) is 9.88. The summed E-state index contributed by atoms with van der Waals surface area (Å²) >= 11 is 0. The average molecular weight is 462 g/mol. The second-order valence-electron chi connectivity index (χ2n) is 10.0. The van der Waals surface area contributed by atoms with E-state index in [2.05, 4.69) is 21.2 Å². The monoisotopic (exact) mass is 461 g/mol. The van der Waals surface area contributed by atoms with E-state index in [-0.39, 0.29) is 17.9 Å². The predicted octanol–water partition coefficient (Wildman–Crippen LogP) is 3.74. The Morgan fingerprint density at radius 1 is 1.06 bits per heavy atom. The number of ether oxygens (including phenoxy) is 1. The highest BCUT2D eigenvalue weighted by atomic mass is 16.5. The first-order valence-electron chi connectivity index (χ1n) is 12.6. The van der Waals surface area contributed by atoms with E-state index in [9.17, 15) is 9.59 Å². The number of nitrogens with zero attached hydrogens (tertiary/aromatic N) is 2. The largest absolute Gasteiger partial charge is 0.383 e. The molecule has 2 aromatic rings. The lowest BCUT2D eigenvalue weighted by molar-refractivity contribution is 0.0646. The van der Waals surface area contributed by atoms with Gasteiger partial charge in [-0.1, -0.05) is 30.7 Å². The van der Waals surface area contributed by atoms with Gasteiger partial charge in [-0.2, -0.15) is 0 Å². The Balaban J connectivity index is 1.25. The lowest BCUT2D eigenvalue weighted by atomic mass is 9.92. The minimum Gasteiger partial charge on any atom is -0.383 e.